The van der Waals surface area contributed by atoms with Crippen molar-refractivity contribution in [1.82, 2.24) is 34.8 Å². The van der Waals surface area contributed by atoms with Crippen molar-refractivity contribution in [3.05, 3.63) is 16.9 Å². The molecule has 5 N–H and O–H groups in total. The summed E-state index contributed by atoms with van der Waals surface area (Å²) >= 11 is 0.959. The van der Waals surface area contributed by atoms with Crippen molar-refractivity contribution in [2.45, 2.75) is 45.0 Å². The van der Waals surface area contributed by atoms with Gasteiger partial charge in [0.15, 0.2) is 10.8 Å². The van der Waals surface area contributed by atoms with Gasteiger partial charge in [0.05, 0.1) is 12.6 Å². The number of β-lactam (4-membered cyclic amide) rings is 1. The third-order valence-corrected chi connectivity index (χ3v) is 6.26. The molecule has 2 amide bonds. The number of carbonyl (C=O) groups is 3. The Morgan fingerprint density at radius 1 is 1.41 bits per heavy atom. The Kier molecular flexibility index (Phi) is 6.53. The Labute approximate surface area is 195 Å². The van der Waals surface area contributed by atoms with Crippen molar-refractivity contribution in [3.63, 3.8) is 0 Å². The summed E-state index contributed by atoms with van der Waals surface area (Å²) < 4.78 is 34.1. The monoisotopic (exact) mass is 517 g/mol. The van der Waals surface area contributed by atoms with Crippen LogP contribution >= 0.6 is 11.3 Å². The molecule has 1 aliphatic rings. The number of carboxylic acids is 1. The summed E-state index contributed by atoms with van der Waals surface area (Å²) in [6, 6.07) is -2.72. The van der Waals surface area contributed by atoms with Crippen molar-refractivity contribution in [1.29, 1.82) is 0 Å². The highest BCUT2D eigenvalue weighted by atomic mass is 32.2. The summed E-state index contributed by atoms with van der Waals surface area (Å²) in [4.78, 5) is 45.6. The van der Waals surface area contributed by atoms with Gasteiger partial charge >= 0.3 is 16.3 Å². The maximum absolute atomic E-state index is 13.0. The summed E-state index contributed by atoms with van der Waals surface area (Å²) in [5.74, 6) is -3.26. The van der Waals surface area contributed by atoms with Crippen molar-refractivity contribution in [3.8, 4) is 0 Å². The van der Waals surface area contributed by atoms with Crippen LogP contribution in [-0.4, -0.2) is 88.8 Å². The molecule has 0 saturated carbocycles. The minimum atomic E-state index is -4.95. The predicted molar refractivity (Wildman–Crippen MR) is 113 cm³/mol. The Balaban J connectivity index is 1.90. The molecule has 17 nitrogen and oxygen atoms in total. The summed E-state index contributed by atoms with van der Waals surface area (Å²) in [6.45, 7) is 3.61. The number of hydrogen-bond donors (Lipinski definition) is 4. The number of carboxylic acid groups (broad SMARTS) is 1. The third kappa shape index (κ3) is 4.94. The molecule has 1 saturated heterocycles. The zero-order chi connectivity index (χ0) is 25.4. The van der Waals surface area contributed by atoms with Crippen LogP contribution in [0.5, 0.6) is 0 Å². The number of amides is 2. The maximum atomic E-state index is 13.0. The highest BCUT2D eigenvalue weighted by Crippen LogP contribution is 2.25. The smallest absolute Gasteiger partial charge is 0.362 e. The predicted octanol–water partition coefficient (Wildman–Crippen LogP) is -2.20. The second-order valence-electron chi connectivity index (χ2n) is 7.46. The number of nitrogens with one attached hydrogen (secondary N) is 1. The molecule has 1 unspecified atom stereocenters. The van der Waals surface area contributed by atoms with Gasteiger partial charge in [-0.15, -0.1) is 16.4 Å². The number of aliphatic carboxylic acids is 1. The molecule has 0 aliphatic carbocycles. The van der Waals surface area contributed by atoms with Crippen LogP contribution in [0.1, 0.15) is 25.4 Å². The minimum absolute atomic E-state index is 0.0669. The number of aryl methyl sites for hydroxylation is 1. The molecule has 2 aromatic heterocycles. The number of thiazole rings is 1. The molecular formula is C15H19N9O8S2. The van der Waals surface area contributed by atoms with E-state index in [1.54, 1.807) is 0 Å². The molecule has 1 fully saturated rings. The van der Waals surface area contributed by atoms with Gasteiger partial charge in [-0.25, -0.2) is 18.8 Å². The molecule has 184 valence electrons. The first kappa shape index (κ1) is 24.9. The fourth-order valence-electron chi connectivity index (χ4n) is 2.75. The molecule has 3 rings (SSSR count). The van der Waals surface area contributed by atoms with E-state index in [4.69, 9.17) is 10.6 Å². The average Bonchev–Trinajstić information content (AvgIpc) is 3.32. The van der Waals surface area contributed by atoms with Gasteiger partial charge in [0.25, 0.3) is 11.8 Å². The number of hydrogen-bond acceptors (Lipinski definition) is 13. The zero-order valence-corrected chi connectivity index (χ0v) is 19.4. The summed E-state index contributed by atoms with van der Waals surface area (Å²) in [6.07, 6.45) is 0. The average molecular weight is 518 g/mol. The molecule has 19 heteroatoms. The van der Waals surface area contributed by atoms with E-state index in [1.807, 2.05) is 0 Å². The Morgan fingerprint density at radius 2 is 2.09 bits per heavy atom. The summed E-state index contributed by atoms with van der Waals surface area (Å²) in [7, 11) is -4.95. The lowest BCUT2D eigenvalue weighted by molar-refractivity contribution is -0.161. The SMILES string of the molecule is Cc1nnnn1C[C@@H]1C(NC(=O)/C(=N\OC(C)(C)C(=O)O)c2csc(N)n2)C(=O)N1S(=O)(=O)O. The van der Waals surface area contributed by atoms with Crippen molar-refractivity contribution in [2.75, 3.05) is 5.73 Å². The van der Waals surface area contributed by atoms with Crippen molar-refractivity contribution in [2.24, 2.45) is 5.16 Å². The van der Waals surface area contributed by atoms with Crippen molar-refractivity contribution >= 4 is 50.3 Å². The third-order valence-electron chi connectivity index (χ3n) is 4.64. The number of nitrogen functional groups attached to an aromatic ring is 1. The topological polar surface area (TPSA) is 245 Å². The van der Waals surface area contributed by atoms with Crippen LogP contribution in [0, 0.1) is 6.92 Å². The lowest BCUT2D eigenvalue weighted by Gasteiger charge is -2.43. The largest absolute Gasteiger partial charge is 0.478 e. The molecule has 0 bridgehead atoms. The first-order chi connectivity index (χ1) is 15.7. The number of nitrogens with two attached hydrogens (primary N) is 1. The van der Waals surface area contributed by atoms with E-state index in [1.165, 1.54) is 30.8 Å². The van der Waals surface area contributed by atoms with Crippen LogP contribution in [0.2, 0.25) is 0 Å². The van der Waals surface area contributed by atoms with E-state index < -0.39 is 51.5 Å². The molecule has 2 aromatic rings. The standard InChI is InChI=1S/C15H19N9O8S2/c1-6-19-21-22-23(6)4-8-10(12(26)24(8)34(29,30)31)18-11(25)9(7-5-33-14(16)17-7)20-32-15(2,3)13(27)28/h5,8,10H,4H2,1-3H3,(H2,16,17)(H,18,25)(H,27,28)(H,29,30,31)/b20-9-/t8-,10?/m1/s1. The van der Waals surface area contributed by atoms with Gasteiger partial charge in [-0.1, -0.05) is 5.16 Å². The number of anilines is 1. The highest BCUT2D eigenvalue weighted by Gasteiger charge is 2.54. The Bertz CT molecular complexity index is 1270. The number of rotatable bonds is 9. The lowest BCUT2D eigenvalue weighted by Crippen LogP contribution is -2.73. The highest BCUT2D eigenvalue weighted by molar-refractivity contribution is 7.84. The van der Waals surface area contributed by atoms with Gasteiger partial charge in [0, 0.05) is 5.38 Å². The van der Waals surface area contributed by atoms with E-state index in [2.05, 4.69) is 31.0 Å². The first-order valence-electron chi connectivity index (χ1n) is 9.27. The quantitative estimate of drug-likeness (QED) is 0.119. The maximum Gasteiger partial charge on any atom is 0.362 e. The second-order valence-corrected chi connectivity index (χ2v) is 9.63. The van der Waals surface area contributed by atoms with Gasteiger partial charge in [-0.3, -0.25) is 14.1 Å². The van der Waals surface area contributed by atoms with E-state index in [0.717, 1.165) is 11.3 Å². The number of aromatic nitrogens is 5. The van der Waals surface area contributed by atoms with E-state index in [-0.39, 0.29) is 27.5 Å². The Morgan fingerprint density at radius 3 is 2.59 bits per heavy atom. The molecule has 1 aliphatic heterocycles. The van der Waals surface area contributed by atoms with E-state index in [9.17, 15) is 32.5 Å². The summed E-state index contributed by atoms with van der Waals surface area (Å²) in [5, 5.41) is 27.2. The van der Waals surface area contributed by atoms with Gasteiger partial charge in [-0.05, 0) is 31.2 Å². The fraction of sp³-hybridized carbons (Fsp3) is 0.467. The van der Waals surface area contributed by atoms with Gasteiger partial charge in [0.2, 0.25) is 5.60 Å². The number of nitrogens with zero attached hydrogens (tertiary/aromatic N) is 7. The van der Waals surface area contributed by atoms with Crippen LogP contribution in [-0.2, 0) is 36.1 Å². The van der Waals surface area contributed by atoms with Crippen molar-refractivity contribution < 1.29 is 37.3 Å². The second kappa shape index (κ2) is 8.91. The van der Waals surface area contributed by atoms with Crippen LogP contribution in [0.4, 0.5) is 5.13 Å². The number of tetrazole rings is 1. The fourth-order valence-corrected chi connectivity index (χ4v) is 4.16. The Hall–Kier alpha value is -3.71. The van der Waals surface area contributed by atoms with Crippen LogP contribution in [0.15, 0.2) is 10.5 Å². The molecule has 0 radical (unpaired) electrons. The van der Waals surface area contributed by atoms with Crippen LogP contribution in [0.25, 0.3) is 0 Å². The molecule has 0 aromatic carbocycles. The van der Waals surface area contributed by atoms with Gasteiger partial charge in [-0.2, -0.15) is 8.42 Å². The molecule has 2 atom stereocenters. The summed E-state index contributed by atoms with van der Waals surface area (Å²) in [5.41, 5.74) is 3.18. The van der Waals surface area contributed by atoms with E-state index >= 15 is 0 Å². The van der Waals surface area contributed by atoms with Gasteiger partial charge in [0.1, 0.15) is 17.6 Å². The molecule has 34 heavy (non-hydrogen) atoms. The molecular weight excluding hydrogens is 498 g/mol. The van der Waals surface area contributed by atoms with E-state index in [0.29, 0.717) is 0 Å². The first-order valence-corrected chi connectivity index (χ1v) is 11.5. The van der Waals surface area contributed by atoms with Crippen LogP contribution < -0.4 is 11.1 Å². The number of oxime groups is 1. The van der Waals surface area contributed by atoms with Gasteiger partial charge < -0.3 is 21.0 Å². The lowest BCUT2D eigenvalue weighted by atomic mass is 9.98. The molecule has 3 heterocycles. The normalized spacial score (nSPS) is 19.0. The minimum Gasteiger partial charge on any atom is -0.478 e. The molecule has 0 spiro atoms. The number of carbonyl (C=O) groups excluding carboxylic acids is 2. The van der Waals surface area contributed by atoms with Crippen LogP contribution in [0.3, 0.4) is 0 Å². The zero-order valence-electron chi connectivity index (χ0n) is 17.8.